The molecule has 4 rings (SSSR count). The summed E-state index contributed by atoms with van der Waals surface area (Å²) >= 11 is 1.73. The Kier molecular flexibility index (Phi) is 5.01. The van der Waals surface area contributed by atoms with E-state index in [1.165, 1.54) is 10.3 Å². The minimum atomic E-state index is 0. The number of rotatable bonds is 5. The van der Waals surface area contributed by atoms with Crippen LogP contribution in [0.1, 0.15) is 5.56 Å². The van der Waals surface area contributed by atoms with E-state index in [-0.39, 0.29) is 20.1 Å². The number of hydrogen-bond donors (Lipinski definition) is 0. The maximum atomic E-state index is 5.60. The Balaban J connectivity index is 0.00000144. The van der Waals surface area contributed by atoms with Crippen LogP contribution in [-0.4, -0.2) is 24.3 Å². The van der Waals surface area contributed by atoms with Crippen molar-refractivity contribution in [2.24, 2.45) is 0 Å². The van der Waals surface area contributed by atoms with Crippen molar-refractivity contribution in [1.82, 2.24) is 4.98 Å². The first kappa shape index (κ1) is 15.8. The third kappa shape index (κ3) is 3.62. The third-order valence-corrected chi connectivity index (χ3v) is 4.56. The summed E-state index contributed by atoms with van der Waals surface area (Å²) in [7, 11) is 0. The van der Waals surface area contributed by atoms with E-state index in [9.17, 15) is 0 Å². The zero-order valence-electron chi connectivity index (χ0n) is 11.8. The van der Waals surface area contributed by atoms with Gasteiger partial charge in [0.05, 0.1) is 30.0 Å². The molecule has 0 N–H and O–H groups in total. The number of hydrogen-bond acceptors (Lipinski definition) is 4. The molecule has 2 heterocycles. The predicted molar refractivity (Wildman–Crippen MR) is 84.5 cm³/mol. The Hall–Kier alpha value is -1.10. The van der Waals surface area contributed by atoms with Gasteiger partial charge in [-0.15, -0.1) is 11.3 Å². The summed E-state index contributed by atoms with van der Waals surface area (Å²) in [6, 6.07) is 16.7. The molecule has 1 aromatic heterocycles. The second-order valence-electron chi connectivity index (χ2n) is 5.15. The molecule has 0 aliphatic carbocycles. The van der Waals surface area contributed by atoms with Crippen molar-refractivity contribution in [1.29, 1.82) is 0 Å². The van der Waals surface area contributed by atoms with Crippen LogP contribution in [0, 0.1) is 0 Å². The quantitative estimate of drug-likeness (QED) is 0.511. The van der Waals surface area contributed by atoms with Gasteiger partial charge in [-0.25, -0.2) is 4.98 Å². The average Bonchev–Trinajstić information content (AvgIpc) is 3.24. The molecule has 2 aromatic carbocycles. The number of para-hydroxylation sites is 1. The second kappa shape index (κ2) is 6.99. The number of benzene rings is 2. The first-order valence-electron chi connectivity index (χ1n) is 7.03. The molecule has 1 aliphatic heterocycles. The van der Waals surface area contributed by atoms with Gasteiger partial charge in [-0.2, -0.15) is 0 Å². The summed E-state index contributed by atoms with van der Waals surface area (Å²) in [5, 5.41) is 1.06. The van der Waals surface area contributed by atoms with Gasteiger partial charge in [0, 0.05) is 25.7 Å². The fraction of sp³-hybridized carbons (Fsp3) is 0.235. The molecule has 1 radical (unpaired) electrons. The van der Waals surface area contributed by atoms with Crippen LogP contribution < -0.4 is 0 Å². The number of aromatic nitrogens is 1. The van der Waals surface area contributed by atoms with Gasteiger partial charge < -0.3 is 9.47 Å². The van der Waals surface area contributed by atoms with E-state index >= 15 is 0 Å². The fourth-order valence-corrected chi connectivity index (χ4v) is 3.18. The van der Waals surface area contributed by atoms with Crippen LogP contribution >= 0.6 is 11.3 Å². The van der Waals surface area contributed by atoms with Gasteiger partial charge in [-0.1, -0.05) is 36.4 Å². The van der Waals surface area contributed by atoms with Gasteiger partial charge in [-0.3, -0.25) is 0 Å². The van der Waals surface area contributed by atoms with Gasteiger partial charge >= 0.3 is 0 Å². The number of thiazole rings is 1. The van der Waals surface area contributed by atoms with Crippen molar-refractivity contribution >= 4 is 21.6 Å². The summed E-state index contributed by atoms with van der Waals surface area (Å²) < 4.78 is 11.9. The summed E-state index contributed by atoms with van der Waals surface area (Å²) in [6.45, 7) is 2.18. The molecule has 1 aliphatic rings. The molecule has 1 unspecified atom stereocenters. The van der Waals surface area contributed by atoms with E-state index in [1.807, 2.05) is 12.1 Å². The Morgan fingerprint density at radius 2 is 1.91 bits per heavy atom. The molecule has 5 heteroatoms. The first-order chi connectivity index (χ1) is 10.4. The predicted octanol–water partition coefficient (Wildman–Crippen LogP) is 3.88. The minimum Gasteiger partial charge on any atom is -0.374 e. The summed E-state index contributed by atoms with van der Waals surface area (Å²) in [5.41, 5.74) is 3.40. The Morgan fingerprint density at radius 3 is 2.64 bits per heavy atom. The molecule has 3 aromatic rings. The summed E-state index contributed by atoms with van der Waals surface area (Å²) in [4.78, 5) is 4.68. The van der Waals surface area contributed by atoms with Crippen LogP contribution in [0.3, 0.4) is 0 Å². The van der Waals surface area contributed by atoms with Crippen LogP contribution in [0.5, 0.6) is 0 Å². The summed E-state index contributed by atoms with van der Waals surface area (Å²) in [6.07, 6.45) is 0.326. The smallest absolute Gasteiger partial charge is 0.124 e. The molecular weight excluding hydrogens is 474 g/mol. The molecule has 0 amide bonds. The van der Waals surface area contributed by atoms with Crippen molar-refractivity contribution < 1.29 is 29.6 Å². The van der Waals surface area contributed by atoms with Crippen LogP contribution in [0.15, 0.2) is 48.5 Å². The number of fused-ring (bicyclic) bond motifs is 1. The van der Waals surface area contributed by atoms with E-state index in [4.69, 9.17) is 9.47 Å². The van der Waals surface area contributed by atoms with E-state index in [1.54, 1.807) is 11.3 Å². The van der Waals surface area contributed by atoms with Crippen molar-refractivity contribution in [2.45, 2.75) is 12.7 Å². The zero-order valence-corrected chi connectivity index (χ0v) is 15.0. The van der Waals surface area contributed by atoms with Crippen LogP contribution in [0.4, 0.5) is 0 Å². The molecule has 0 saturated carbocycles. The standard InChI is InChI=1S/C17H15NO2S.Ir/c1-2-4-16-15(3-1)18-17(21-16)13-7-5-12(6-8-13)9-19-10-14-11-20-14;/h1-8,14H,9-11H2;. The van der Waals surface area contributed by atoms with Crippen LogP contribution in [0.2, 0.25) is 0 Å². The SMILES string of the molecule is [Ir].c1ccc2sc(-c3ccc(COCC4CO4)cc3)nc2c1. The topological polar surface area (TPSA) is 34.6 Å². The zero-order chi connectivity index (χ0) is 14.1. The molecule has 1 atom stereocenters. The maximum Gasteiger partial charge on any atom is 0.124 e. The number of epoxide rings is 1. The normalized spacial score (nSPS) is 16.5. The Morgan fingerprint density at radius 1 is 1.14 bits per heavy atom. The Labute approximate surface area is 146 Å². The van der Waals surface area contributed by atoms with E-state index in [2.05, 4.69) is 41.4 Å². The van der Waals surface area contributed by atoms with Gasteiger partial charge in [0.2, 0.25) is 0 Å². The molecule has 3 nitrogen and oxygen atoms in total. The van der Waals surface area contributed by atoms with Gasteiger partial charge in [0.15, 0.2) is 0 Å². The van der Waals surface area contributed by atoms with Gasteiger partial charge in [0.1, 0.15) is 11.1 Å². The molecule has 1 saturated heterocycles. The van der Waals surface area contributed by atoms with Crippen molar-refractivity contribution in [2.75, 3.05) is 13.2 Å². The number of ether oxygens (including phenoxy) is 2. The van der Waals surface area contributed by atoms with E-state index in [0.29, 0.717) is 19.3 Å². The molecule has 0 bridgehead atoms. The fourth-order valence-electron chi connectivity index (χ4n) is 2.21. The first-order valence-corrected chi connectivity index (χ1v) is 7.84. The third-order valence-electron chi connectivity index (χ3n) is 3.47. The van der Waals surface area contributed by atoms with Crippen molar-refractivity contribution in [3.8, 4) is 10.6 Å². The second-order valence-corrected chi connectivity index (χ2v) is 6.18. The molecule has 1 fully saturated rings. The largest absolute Gasteiger partial charge is 0.374 e. The average molecular weight is 490 g/mol. The van der Waals surface area contributed by atoms with Crippen molar-refractivity contribution in [3.05, 3.63) is 54.1 Å². The minimum absolute atomic E-state index is 0. The molecule has 22 heavy (non-hydrogen) atoms. The Bertz CT molecular complexity index is 720. The van der Waals surface area contributed by atoms with E-state index in [0.717, 1.165) is 22.7 Å². The maximum absolute atomic E-state index is 5.60. The van der Waals surface area contributed by atoms with Crippen molar-refractivity contribution in [3.63, 3.8) is 0 Å². The van der Waals surface area contributed by atoms with E-state index < -0.39 is 0 Å². The molecular formula is C17H15IrNO2S. The van der Waals surface area contributed by atoms with Gasteiger partial charge in [0.25, 0.3) is 0 Å². The number of nitrogens with zero attached hydrogens (tertiary/aromatic N) is 1. The van der Waals surface area contributed by atoms with Crippen LogP contribution in [-0.2, 0) is 36.2 Å². The van der Waals surface area contributed by atoms with Gasteiger partial charge in [-0.05, 0) is 17.7 Å². The monoisotopic (exact) mass is 490 g/mol. The van der Waals surface area contributed by atoms with Crippen LogP contribution in [0.25, 0.3) is 20.8 Å². The molecule has 115 valence electrons. The molecule has 0 spiro atoms. The summed E-state index contributed by atoms with van der Waals surface area (Å²) in [5.74, 6) is 0.